The first kappa shape index (κ1) is 40.4. The van der Waals surface area contributed by atoms with Crippen molar-refractivity contribution in [1.29, 1.82) is 0 Å². The summed E-state index contributed by atoms with van der Waals surface area (Å²) in [5.74, 6) is 0. The summed E-state index contributed by atoms with van der Waals surface area (Å²) < 4.78 is 0. The summed E-state index contributed by atoms with van der Waals surface area (Å²) in [5, 5.41) is 9.56. The average molecular weight is 990 g/mol. The Labute approximate surface area is 456 Å². The van der Waals surface area contributed by atoms with Gasteiger partial charge in [-0.05, 0) is 133 Å². The highest BCUT2D eigenvalue weighted by atomic mass is 15.2. The molecule has 12 heteroatoms. The molecule has 10 aromatic carbocycles. The van der Waals surface area contributed by atoms with Crippen molar-refractivity contribution < 1.29 is 0 Å². The van der Waals surface area contributed by atoms with Gasteiger partial charge in [-0.2, -0.15) is 0 Å². The van der Waals surface area contributed by atoms with Gasteiger partial charge in [-0.1, -0.05) is 117 Å². The molecule has 0 aliphatic carbocycles. The largest absolute Gasteiger partial charge is 0.384 e. The molecule has 0 unspecified atom stereocenters. The van der Waals surface area contributed by atoms with Crippen molar-refractivity contribution in [3.63, 3.8) is 0 Å². The molecular formula is C66H48B6N6. The van der Waals surface area contributed by atoms with Gasteiger partial charge in [0.15, 0.2) is 0 Å². The summed E-state index contributed by atoms with van der Waals surface area (Å²) in [6.07, 6.45) is 6.01. The van der Waals surface area contributed by atoms with Gasteiger partial charge in [0.2, 0.25) is 26.9 Å². The number of rotatable bonds is 0. The van der Waals surface area contributed by atoms with Crippen LogP contribution in [0.15, 0.2) is 109 Å². The Morgan fingerprint density at radius 2 is 0.590 bits per heavy atom. The third-order valence-corrected chi connectivity index (χ3v) is 22.2. The van der Waals surface area contributed by atoms with E-state index >= 15 is 0 Å². The molecule has 10 aromatic rings. The van der Waals surface area contributed by atoms with Gasteiger partial charge in [0.25, 0.3) is 13.4 Å². The van der Waals surface area contributed by atoms with Gasteiger partial charge in [-0.25, -0.2) is 0 Å². The van der Waals surface area contributed by atoms with E-state index in [2.05, 4.69) is 180 Å². The van der Waals surface area contributed by atoms with Crippen LogP contribution in [0.1, 0.15) is 33.4 Å². The number of anilines is 12. The van der Waals surface area contributed by atoms with Crippen molar-refractivity contribution in [2.75, 3.05) is 68.1 Å². The fourth-order valence-electron chi connectivity index (χ4n) is 19.8. The molecule has 6 nitrogen and oxygen atoms in total. The number of benzene rings is 10. The molecule has 360 valence electrons. The lowest BCUT2D eigenvalue weighted by atomic mass is 9.26. The van der Waals surface area contributed by atoms with E-state index in [1.54, 1.807) is 76.5 Å². The third-order valence-electron chi connectivity index (χ3n) is 22.2. The van der Waals surface area contributed by atoms with E-state index in [0.29, 0.717) is 13.4 Å². The molecule has 0 radical (unpaired) electrons. The van der Waals surface area contributed by atoms with Crippen LogP contribution in [-0.2, 0) is 0 Å². The summed E-state index contributed by atoms with van der Waals surface area (Å²) >= 11 is 0. The molecule has 12 heterocycles. The zero-order chi connectivity index (χ0) is 50.7. The van der Waals surface area contributed by atoms with Crippen LogP contribution in [-0.4, -0.2) is 78.9 Å². The minimum atomic E-state index is 0.145. The number of aryl methyl sites for hydroxylation is 6. The number of hydrogen-bond donors (Lipinski definition) is 0. The Balaban J connectivity index is 0.985. The fraction of sp³-hybridized carbons (Fsp3) is 0.182. The molecule has 0 aromatic heterocycles. The van der Waals surface area contributed by atoms with Crippen molar-refractivity contribution in [2.24, 2.45) is 0 Å². The maximum absolute atomic E-state index is 2.98. The van der Waals surface area contributed by atoms with Crippen LogP contribution in [0.5, 0.6) is 0 Å². The maximum atomic E-state index is 2.98. The molecule has 78 heavy (non-hydrogen) atoms. The molecule has 12 aliphatic heterocycles. The number of nitrogens with zero attached hydrogens (tertiary/aromatic N) is 6. The van der Waals surface area contributed by atoms with Crippen molar-refractivity contribution in [3.05, 3.63) is 143 Å². The molecule has 0 atom stereocenters. The van der Waals surface area contributed by atoms with E-state index in [1.165, 1.54) is 123 Å². The number of fused-ring (bicyclic) bond motifs is 18. The second-order valence-corrected chi connectivity index (χ2v) is 26.3. The van der Waals surface area contributed by atoms with Crippen molar-refractivity contribution in [2.45, 2.75) is 41.5 Å². The van der Waals surface area contributed by atoms with Crippen LogP contribution < -0.4 is 95.0 Å². The van der Waals surface area contributed by atoms with Gasteiger partial charge in [-0.15, -0.1) is 0 Å². The summed E-state index contributed by atoms with van der Waals surface area (Å²) in [7, 11) is 0. The van der Waals surface area contributed by atoms with E-state index < -0.39 is 0 Å². The fourth-order valence-corrected chi connectivity index (χ4v) is 19.8. The Morgan fingerprint density at radius 1 is 0.282 bits per heavy atom. The smallest absolute Gasteiger partial charge is 0.252 e. The van der Waals surface area contributed by atoms with E-state index in [-0.39, 0.29) is 26.9 Å². The molecule has 0 bridgehead atoms. The maximum Gasteiger partial charge on any atom is 0.252 e. The monoisotopic (exact) mass is 990 g/mol. The van der Waals surface area contributed by atoms with Gasteiger partial charge in [-0.3, -0.25) is 0 Å². The summed E-state index contributed by atoms with van der Waals surface area (Å²) in [4.78, 5) is 17.3. The summed E-state index contributed by atoms with van der Waals surface area (Å²) in [5.41, 5.74) is 44.1. The van der Waals surface area contributed by atoms with Crippen molar-refractivity contribution in [1.82, 2.24) is 0 Å². The molecule has 0 saturated heterocycles. The molecule has 12 aliphatic rings. The van der Waals surface area contributed by atoms with Gasteiger partial charge >= 0.3 is 0 Å². The lowest BCUT2D eigenvalue weighted by molar-refractivity contribution is 0.997. The Bertz CT molecular complexity index is 4540. The SMILES string of the molecule is Cc1ccc2c(c1)B1c3cc(C)ccc3N3c4ccc(C)cc4B4CN5CB6CN7c8ccc(C)cc8B8c9cc(C)ccc9N9c%10ccc(C)cc%10B%10CN%11CB%12CN2c2c1c3c4c1c5c3c6c4c7c8c9c%10c4c%11c3c%12c21. The summed E-state index contributed by atoms with van der Waals surface area (Å²) in [6, 6.07) is 44.7. The average Bonchev–Trinajstić information content (AvgIpc) is 2.07. The molecular weight excluding hydrogens is 942 g/mol. The van der Waals surface area contributed by atoms with Crippen LogP contribution in [0.25, 0.3) is 32.3 Å². The van der Waals surface area contributed by atoms with Crippen LogP contribution in [0, 0.1) is 41.5 Å². The topological polar surface area (TPSA) is 19.4 Å². The van der Waals surface area contributed by atoms with Crippen LogP contribution >= 0.6 is 0 Å². The van der Waals surface area contributed by atoms with E-state index in [1.807, 2.05) is 0 Å². The quantitative estimate of drug-likeness (QED) is 0.162. The molecule has 0 saturated carbocycles. The molecule has 0 N–H and O–H groups in total. The highest BCUT2D eigenvalue weighted by molar-refractivity contribution is 7.05. The van der Waals surface area contributed by atoms with Crippen LogP contribution in [0.2, 0.25) is 0 Å². The molecule has 0 amide bonds. The zero-order valence-electron chi connectivity index (χ0n) is 44.8. The molecule has 22 rings (SSSR count). The van der Waals surface area contributed by atoms with Gasteiger partial charge < -0.3 is 29.4 Å². The van der Waals surface area contributed by atoms with Gasteiger partial charge in [0.1, 0.15) is 0 Å². The standard InChI is InChI=1S/C66H48B6N6/c1-31-9-15-45-37(19-31)69-29-73-25-67-27-76-44-14-8-34(4)22-40(44)72-42-24-36(6)12-18-48(42)78-46-16-10-32(2)20-38(46)70-30-74-26-68-28-75-43-13-7-33(3)21-39(43)71-41-23-35(5)11-17-47(41)77(45)65-57(69)53-51(63(75)59(65)71)55(68)50-49(61(53)73)56(67)52-54(62(50)74)58(70)66(78)60(72)64(52)76/h7-24H,25-30H2,1-6H3. The highest BCUT2D eigenvalue weighted by Crippen LogP contribution is 2.58. The number of hydrogen-bond acceptors (Lipinski definition) is 6. The normalized spacial score (nSPS) is 17.8. The lowest BCUT2D eigenvalue weighted by Crippen LogP contribution is -2.73. The predicted molar refractivity (Wildman–Crippen MR) is 338 cm³/mol. The van der Waals surface area contributed by atoms with E-state index in [0.717, 1.165) is 38.7 Å². The minimum absolute atomic E-state index is 0.145. The van der Waals surface area contributed by atoms with E-state index in [4.69, 9.17) is 0 Å². The van der Waals surface area contributed by atoms with E-state index in [9.17, 15) is 0 Å². The summed E-state index contributed by atoms with van der Waals surface area (Å²) in [6.45, 7) is 15.4. The molecule has 0 fully saturated rings. The zero-order valence-corrected chi connectivity index (χ0v) is 44.8. The Hall–Kier alpha value is -7.83. The Morgan fingerprint density at radius 3 is 0.974 bits per heavy atom. The second-order valence-electron chi connectivity index (χ2n) is 26.3. The Kier molecular flexibility index (Phi) is 6.49. The highest BCUT2D eigenvalue weighted by Gasteiger charge is 2.59. The predicted octanol–water partition coefficient (Wildman–Crippen LogP) is 4.68. The van der Waals surface area contributed by atoms with Gasteiger partial charge in [0.05, 0.1) is 11.4 Å². The van der Waals surface area contributed by atoms with Crippen LogP contribution in [0.4, 0.5) is 68.2 Å². The lowest BCUT2D eigenvalue weighted by Gasteiger charge is -2.57. The third kappa shape index (κ3) is 4.09. The van der Waals surface area contributed by atoms with Crippen molar-refractivity contribution in [3.8, 4) is 0 Å². The first-order valence-electron chi connectivity index (χ1n) is 29.2. The first-order valence-corrected chi connectivity index (χ1v) is 29.2. The molecule has 0 spiro atoms. The van der Waals surface area contributed by atoms with Crippen LogP contribution in [0.3, 0.4) is 0 Å². The first-order chi connectivity index (χ1) is 38.2. The van der Waals surface area contributed by atoms with Gasteiger partial charge in [0, 0.05) is 128 Å². The second kappa shape index (κ2) is 12.5. The minimum Gasteiger partial charge on any atom is -0.384 e. The van der Waals surface area contributed by atoms with Crippen molar-refractivity contribution >= 4 is 206 Å².